The van der Waals surface area contributed by atoms with E-state index in [2.05, 4.69) is 10.4 Å². The Balaban J connectivity index is 1.49. The van der Waals surface area contributed by atoms with Crippen molar-refractivity contribution in [2.75, 3.05) is 11.9 Å². The van der Waals surface area contributed by atoms with Crippen LogP contribution in [0.3, 0.4) is 0 Å². The van der Waals surface area contributed by atoms with Gasteiger partial charge in [0.2, 0.25) is 11.0 Å². The maximum Gasteiger partial charge on any atom is 0.228 e. The van der Waals surface area contributed by atoms with Crippen molar-refractivity contribution in [3.05, 3.63) is 75.9 Å². The summed E-state index contributed by atoms with van der Waals surface area (Å²) in [4.78, 5) is 17.4. The van der Waals surface area contributed by atoms with Crippen molar-refractivity contribution >= 4 is 34.5 Å². The van der Waals surface area contributed by atoms with Crippen molar-refractivity contribution in [2.45, 2.75) is 27.2 Å². The van der Waals surface area contributed by atoms with E-state index < -0.39 is 0 Å². The summed E-state index contributed by atoms with van der Waals surface area (Å²) < 4.78 is 7.24. The summed E-state index contributed by atoms with van der Waals surface area (Å²) in [5.74, 6) is 0.681. The molecule has 0 unspecified atom stereocenters. The van der Waals surface area contributed by atoms with Crippen LogP contribution in [0.15, 0.2) is 53.9 Å². The van der Waals surface area contributed by atoms with Gasteiger partial charge in [-0.2, -0.15) is 5.10 Å². The lowest BCUT2D eigenvalue weighted by Crippen LogP contribution is -2.15. The first-order chi connectivity index (χ1) is 15.4. The first-order valence-electron chi connectivity index (χ1n) is 10.2. The minimum atomic E-state index is -0.0964. The number of carbonyl (C=O) groups excluding carboxylic acids is 1. The number of amides is 1. The summed E-state index contributed by atoms with van der Waals surface area (Å²) in [5.41, 5.74) is 5.21. The number of benzene rings is 2. The molecule has 1 N–H and O–H groups in total. The Morgan fingerprint density at radius 1 is 1.12 bits per heavy atom. The fourth-order valence-electron chi connectivity index (χ4n) is 3.40. The highest BCUT2D eigenvalue weighted by Gasteiger charge is 2.18. The third kappa shape index (κ3) is 4.84. The molecule has 0 bridgehead atoms. The molecule has 2 aromatic heterocycles. The largest absolute Gasteiger partial charge is 0.494 e. The molecule has 2 aromatic carbocycles. The molecule has 0 saturated carbocycles. The predicted molar refractivity (Wildman–Crippen MR) is 129 cm³/mol. The number of nitrogens with one attached hydrogen (secondary N) is 1. The molecule has 8 heteroatoms. The van der Waals surface area contributed by atoms with Gasteiger partial charge >= 0.3 is 0 Å². The molecule has 0 spiro atoms. The number of ether oxygens (including phenoxy) is 1. The quantitative estimate of drug-likeness (QED) is 0.371. The van der Waals surface area contributed by atoms with E-state index in [0.29, 0.717) is 11.6 Å². The maximum atomic E-state index is 12.7. The number of hydrogen-bond donors (Lipinski definition) is 1. The van der Waals surface area contributed by atoms with E-state index in [1.54, 1.807) is 4.68 Å². The average Bonchev–Trinajstić information content (AvgIpc) is 3.36. The van der Waals surface area contributed by atoms with Crippen LogP contribution in [-0.2, 0) is 11.2 Å². The molecule has 2 heterocycles. The zero-order valence-corrected chi connectivity index (χ0v) is 19.6. The summed E-state index contributed by atoms with van der Waals surface area (Å²) in [6.07, 6.45) is 0.236. The van der Waals surface area contributed by atoms with Crippen LogP contribution in [0.4, 0.5) is 5.69 Å². The second-order valence-corrected chi connectivity index (χ2v) is 8.54. The van der Waals surface area contributed by atoms with Crippen molar-refractivity contribution < 1.29 is 9.53 Å². The SMILES string of the molecule is CCOc1ccc(NC(=O)Cc2c(C)nn(-c3nc(-c4ccc(Cl)cc4)cs3)c2C)cc1. The minimum absolute atomic E-state index is 0.0964. The van der Waals surface area contributed by atoms with Crippen LogP contribution in [0.5, 0.6) is 5.75 Å². The van der Waals surface area contributed by atoms with Crippen LogP contribution < -0.4 is 10.1 Å². The van der Waals surface area contributed by atoms with Gasteiger partial charge in [-0.1, -0.05) is 23.7 Å². The van der Waals surface area contributed by atoms with Crippen LogP contribution in [0, 0.1) is 13.8 Å². The van der Waals surface area contributed by atoms with E-state index >= 15 is 0 Å². The summed E-state index contributed by atoms with van der Waals surface area (Å²) in [7, 11) is 0. The van der Waals surface area contributed by atoms with Gasteiger partial charge in [-0.15, -0.1) is 11.3 Å². The highest BCUT2D eigenvalue weighted by molar-refractivity contribution is 7.12. The molecular formula is C24H23ClN4O2S. The molecular weight excluding hydrogens is 444 g/mol. The highest BCUT2D eigenvalue weighted by Crippen LogP contribution is 2.27. The maximum absolute atomic E-state index is 12.7. The van der Waals surface area contributed by atoms with E-state index in [0.717, 1.165) is 44.8 Å². The molecule has 0 radical (unpaired) electrons. The fraction of sp³-hybridized carbons (Fsp3) is 0.208. The Kier molecular flexibility index (Phi) is 6.58. The first kappa shape index (κ1) is 22.0. The molecule has 0 aliphatic heterocycles. The molecule has 32 heavy (non-hydrogen) atoms. The van der Waals surface area contributed by atoms with Gasteiger partial charge in [0.05, 0.1) is 24.4 Å². The number of rotatable bonds is 7. The molecule has 4 aromatic rings. The smallest absolute Gasteiger partial charge is 0.228 e. The van der Waals surface area contributed by atoms with Crippen molar-refractivity contribution in [3.63, 3.8) is 0 Å². The Labute approximate surface area is 195 Å². The standard InChI is InChI=1S/C24H23ClN4O2S/c1-4-31-20-11-9-19(10-12-20)26-23(30)13-21-15(2)28-29(16(21)3)24-27-22(14-32-24)17-5-7-18(25)8-6-17/h5-12,14H,4,13H2,1-3H3,(H,26,30). The van der Waals surface area contributed by atoms with Gasteiger partial charge in [0.25, 0.3) is 0 Å². The molecule has 1 amide bonds. The Morgan fingerprint density at radius 3 is 2.53 bits per heavy atom. The lowest BCUT2D eigenvalue weighted by molar-refractivity contribution is -0.115. The molecule has 0 aliphatic carbocycles. The lowest BCUT2D eigenvalue weighted by Gasteiger charge is -2.07. The van der Waals surface area contributed by atoms with Crippen LogP contribution in [-0.4, -0.2) is 27.3 Å². The van der Waals surface area contributed by atoms with Gasteiger partial charge in [-0.3, -0.25) is 4.79 Å². The number of aryl methyl sites for hydroxylation is 1. The van der Waals surface area contributed by atoms with E-state index in [-0.39, 0.29) is 12.3 Å². The van der Waals surface area contributed by atoms with Gasteiger partial charge < -0.3 is 10.1 Å². The van der Waals surface area contributed by atoms with Crippen molar-refractivity contribution in [2.24, 2.45) is 0 Å². The minimum Gasteiger partial charge on any atom is -0.494 e. The van der Waals surface area contributed by atoms with Crippen LogP contribution in [0.25, 0.3) is 16.4 Å². The van der Waals surface area contributed by atoms with Crippen molar-refractivity contribution in [1.29, 1.82) is 0 Å². The highest BCUT2D eigenvalue weighted by atomic mass is 35.5. The number of carbonyl (C=O) groups is 1. The topological polar surface area (TPSA) is 69.0 Å². The molecule has 0 aliphatic rings. The Morgan fingerprint density at radius 2 is 1.84 bits per heavy atom. The van der Waals surface area contributed by atoms with E-state index in [9.17, 15) is 4.79 Å². The van der Waals surface area contributed by atoms with Gasteiger partial charge in [-0.25, -0.2) is 9.67 Å². The Bertz CT molecular complexity index is 1230. The Hall–Kier alpha value is -3.16. The normalized spacial score (nSPS) is 10.9. The molecule has 6 nitrogen and oxygen atoms in total. The number of nitrogens with zero attached hydrogens (tertiary/aromatic N) is 3. The lowest BCUT2D eigenvalue weighted by atomic mass is 10.1. The number of hydrogen-bond acceptors (Lipinski definition) is 5. The monoisotopic (exact) mass is 466 g/mol. The third-order valence-electron chi connectivity index (χ3n) is 5.04. The zero-order chi connectivity index (χ0) is 22.7. The summed E-state index contributed by atoms with van der Waals surface area (Å²) >= 11 is 7.49. The van der Waals surface area contributed by atoms with Crippen LogP contribution in [0.2, 0.25) is 5.02 Å². The third-order valence-corrected chi connectivity index (χ3v) is 6.11. The number of thiazole rings is 1. The average molecular weight is 467 g/mol. The molecule has 0 saturated heterocycles. The van der Waals surface area contributed by atoms with Crippen LogP contribution >= 0.6 is 22.9 Å². The van der Waals surface area contributed by atoms with Crippen molar-refractivity contribution in [3.8, 4) is 22.1 Å². The number of aromatic nitrogens is 3. The summed E-state index contributed by atoms with van der Waals surface area (Å²) in [6, 6.07) is 14.9. The van der Waals surface area contributed by atoms with Crippen molar-refractivity contribution in [1.82, 2.24) is 14.8 Å². The first-order valence-corrected chi connectivity index (χ1v) is 11.5. The fourth-order valence-corrected chi connectivity index (χ4v) is 4.36. The van der Waals surface area contributed by atoms with E-state index in [1.807, 2.05) is 74.7 Å². The second kappa shape index (κ2) is 9.54. The van der Waals surface area contributed by atoms with E-state index in [1.165, 1.54) is 11.3 Å². The molecule has 0 fully saturated rings. The van der Waals surface area contributed by atoms with Gasteiger partial charge in [0.1, 0.15) is 5.75 Å². The van der Waals surface area contributed by atoms with Crippen LogP contribution in [0.1, 0.15) is 23.9 Å². The molecule has 164 valence electrons. The molecule has 0 atom stereocenters. The summed E-state index contributed by atoms with van der Waals surface area (Å²) in [6.45, 7) is 6.42. The van der Waals surface area contributed by atoms with Gasteiger partial charge in [-0.05, 0) is 57.2 Å². The predicted octanol–water partition coefficient (Wildman–Crippen LogP) is 5.85. The van der Waals surface area contributed by atoms with Gasteiger partial charge in [0.15, 0.2) is 0 Å². The number of halogens is 1. The zero-order valence-electron chi connectivity index (χ0n) is 18.1. The number of anilines is 1. The summed E-state index contributed by atoms with van der Waals surface area (Å²) in [5, 5.41) is 11.0. The van der Waals surface area contributed by atoms with Gasteiger partial charge in [0, 0.05) is 32.9 Å². The molecule has 4 rings (SSSR count). The second-order valence-electron chi connectivity index (χ2n) is 7.27. The van der Waals surface area contributed by atoms with E-state index in [4.69, 9.17) is 21.3 Å².